The van der Waals surface area contributed by atoms with Gasteiger partial charge in [-0.25, -0.2) is 0 Å². The van der Waals surface area contributed by atoms with E-state index < -0.39 is 0 Å². The van der Waals surface area contributed by atoms with Crippen LogP contribution in [0.2, 0.25) is 8.67 Å². The summed E-state index contributed by atoms with van der Waals surface area (Å²) in [5.74, 6) is 1.09. The monoisotopic (exact) mass is 325 g/mol. The highest BCUT2D eigenvalue weighted by atomic mass is 35.5. The highest BCUT2D eigenvalue weighted by Crippen LogP contribution is 2.36. The maximum absolute atomic E-state index is 5.80. The molecule has 1 aliphatic rings. The Bertz CT molecular complexity index is 336. The molecule has 1 N–H and O–H groups in total. The minimum absolute atomic E-state index is 0.725. The van der Waals surface area contributed by atoms with Crippen molar-refractivity contribution < 1.29 is 0 Å². The molecule has 1 aliphatic carbocycles. The molecule has 0 atom stereocenters. The Kier molecular flexibility index (Phi) is 8.77. The summed E-state index contributed by atoms with van der Waals surface area (Å²) in [6, 6.07) is 1.84. The molecule has 1 heterocycles. The minimum atomic E-state index is 0.725. The fourth-order valence-corrected chi connectivity index (χ4v) is 4.35. The summed E-state index contributed by atoms with van der Waals surface area (Å²) >= 11 is 14.3. The smallest absolute Gasteiger partial charge is 0.109 e. The van der Waals surface area contributed by atoms with Crippen LogP contribution >= 0.6 is 46.5 Å². The second kappa shape index (κ2) is 9.49. The molecule has 0 radical (unpaired) electrons. The summed E-state index contributed by atoms with van der Waals surface area (Å²) in [4.78, 5) is 0.985. The Balaban J connectivity index is 0.000000184. The highest BCUT2D eigenvalue weighted by Gasteiger charge is 2.09. The van der Waals surface area contributed by atoms with E-state index in [1.807, 2.05) is 13.1 Å². The summed E-state index contributed by atoms with van der Waals surface area (Å²) in [5.41, 5.74) is 0. The van der Waals surface area contributed by atoms with Crippen molar-refractivity contribution in [2.24, 2.45) is 5.92 Å². The number of hydrogen-bond donors (Lipinski definition) is 1. The first-order chi connectivity index (χ1) is 8.67. The van der Waals surface area contributed by atoms with Gasteiger partial charge in [0.05, 0.1) is 9.23 Å². The van der Waals surface area contributed by atoms with E-state index in [0.717, 1.165) is 19.5 Å². The van der Waals surface area contributed by atoms with E-state index >= 15 is 0 Å². The lowest BCUT2D eigenvalue weighted by Crippen LogP contribution is -2.03. The molecule has 0 unspecified atom stereocenters. The SMILES string of the molecule is CCC1CCCCC1.CNSc1cc(Cl)sc1Cl. The van der Waals surface area contributed by atoms with E-state index in [0.29, 0.717) is 0 Å². The van der Waals surface area contributed by atoms with Crippen LogP contribution in [0.4, 0.5) is 0 Å². The normalized spacial score (nSPS) is 16.2. The van der Waals surface area contributed by atoms with E-state index in [9.17, 15) is 0 Å². The summed E-state index contributed by atoms with van der Waals surface area (Å²) in [6.45, 7) is 2.32. The van der Waals surface area contributed by atoms with Crippen molar-refractivity contribution in [1.29, 1.82) is 0 Å². The van der Waals surface area contributed by atoms with E-state index in [1.54, 1.807) is 0 Å². The molecule has 0 aromatic carbocycles. The molecule has 0 amide bonds. The number of hydrogen-bond acceptors (Lipinski definition) is 3. The van der Waals surface area contributed by atoms with Gasteiger partial charge < -0.3 is 0 Å². The number of rotatable bonds is 3. The molecule has 0 saturated heterocycles. The van der Waals surface area contributed by atoms with Gasteiger partial charge in [0.15, 0.2) is 0 Å². The van der Waals surface area contributed by atoms with Gasteiger partial charge in [0, 0.05) is 0 Å². The van der Waals surface area contributed by atoms with E-state index in [-0.39, 0.29) is 0 Å². The van der Waals surface area contributed by atoms with Gasteiger partial charge in [0.25, 0.3) is 0 Å². The van der Waals surface area contributed by atoms with E-state index in [4.69, 9.17) is 23.2 Å². The summed E-state index contributed by atoms with van der Waals surface area (Å²) in [7, 11) is 1.84. The summed E-state index contributed by atoms with van der Waals surface area (Å²) in [5, 5.41) is 0. The van der Waals surface area contributed by atoms with Crippen molar-refractivity contribution in [3.05, 3.63) is 14.7 Å². The van der Waals surface area contributed by atoms with Crippen molar-refractivity contribution in [1.82, 2.24) is 4.72 Å². The molecule has 2 rings (SSSR count). The number of nitrogens with one attached hydrogen (secondary N) is 1. The molecule has 1 fully saturated rings. The largest absolute Gasteiger partial charge is 0.263 e. The van der Waals surface area contributed by atoms with Crippen molar-refractivity contribution in [3.8, 4) is 0 Å². The Labute approximate surface area is 129 Å². The lowest BCUT2D eigenvalue weighted by molar-refractivity contribution is 0.349. The molecule has 1 saturated carbocycles. The van der Waals surface area contributed by atoms with Gasteiger partial charge in [-0.3, -0.25) is 4.72 Å². The molecule has 5 heteroatoms. The average molecular weight is 326 g/mol. The fourth-order valence-electron chi connectivity index (χ4n) is 2.10. The van der Waals surface area contributed by atoms with Gasteiger partial charge >= 0.3 is 0 Å². The maximum Gasteiger partial charge on any atom is 0.109 e. The molecule has 18 heavy (non-hydrogen) atoms. The van der Waals surface area contributed by atoms with Gasteiger partial charge in [0.1, 0.15) is 4.34 Å². The van der Waals surface area contributed by atoms with Crippen LogP contribution in [0.15, 0.2) is 11.0 Å². The third-order valence-electron chi connectivity index (χ3n) is 3.14. The fraction of sp³-hybridized carbons (Fsp3) is 0.692. The topological polar surface area (TPSA) is 12.0 Å². The van der Waals surface area contributed by atoms with E-state index in [2.05, 4.69) is 11.6 Å². The molecule has 0 spiro atoms. The summed E-state index contributed by atoms with van der Waals surface area (Å²) in [6.07, 6.45) is 8.93. The first kappa shape index (κ1) is 16.6. The Hall–Kier alpha value is 0.590. The Morgan fingerprint density at radius 1 is 1.33 bits per heavy atom. The first-order valence-corrected chi connectivity index (χ1v) is 8.84. The molecular weight excluding hydrogens is 305 g/mol. The van der Waals surface area contributed by atoms with Gasteiger partial charge in [-0.2, -0.15) is 0 Å². The van der Waals surface area contributed by atoms with Crippen LogP contribution in [-0.2, 0) is 0 Å². The predicted octanol–water partition coefficient (Wildman–Crippen LogP) is 6.26. The second-order valence-electron chi connectivity index (χ2n) is 4.41. The zero-order chi connectivity index (χ0) is 13.4. The van der Waals surface area contributed by atoms with Crippen molar-refractivity contribution in [2.75, 3.05) is 7.05 Å². The Morgan fingerprint density at radius 3 is 2.39 bits per heavy atom. The Morgan fingerprint density at radius 2 is 2.00 bits per heavy atom. The van der Waals surface area contributed by atoms with Crippen LogP contribution in [0.3, 0.4) is 0 Å². The molecule has 104 valence electrons. The van der Waals surface area contributed by atoms with Gasteiger partial charge in [-0.15, -0.1) is 11.3 Å². The van der Waals surface area contributed by atoms with E-state index in [1.165, 1.54) is 61.8 Å². The average Bonchev–Trinajstić information content (AvgIpc) is 2.70. The van der Waals surface area contributed by atoms with Gasteiger partial charge in [-0.05, 0) is 31.0 Å². The molecule has 1 aromatic heterocycles. The zero-order valence-electron chi connectivity index (χ0n) is 11.0. The van der Waals surface area contributed by atoms with Crippen LogP contribution in [0.25, 0.3) is 0 Å². The number of thiophene rings is 1. The van der Waals surface area contributed by atoms with Crippen LogP contribution in [0.5, 0.6) is 0 Å². The van der Waals surface area contributed by atoms with Crippen LogP contribution < -0.4 is 4.72 Å². The first-order valence-electron chi connectivity index (χ1n) is 6.45. The predicted molar refractivity (Wildman–Crippen MR) is 86.1 cm³/mol. The molecular formula is C13H21Cl2NS2. The highest BCUT2D eigenvalue weighted by molar-refractivity contribution is 7.97. The summed E-state index contributed by atoms with van der Waals surface area (Å²) < 4.78 is 4.38. The van der Waals surface area contributed by atoms with Gasteiger partial charge in [0.2, 0.25) is 0 Å². The third kappa shape index (κ3) is 6.16. The van der Waals surface area contributed by atoms with Crippen LogP contribution in [0.1, 0.15) is 45.4 Å². The minimum Gasteiger partial charge on any atom is -0.263 e. The van der Waals surface area contributed by atoms with Crippen molar-refractivity contribution in [2.45, 2.75) is 50.3 Å². The van der Waals surface area contributed by atoms with Gasteiger partial charge in [-0.1, -0.05) is 68.7 Å². The van der Waals surface area contributed by atoms with Crippen LogP contribution in [0, 0.1) is 5.92 Å². The van der Waals surface area contributed by atoms with Crippen molar-refractivity contribution in [3.63, 3.8) is 0 Å². The van der Waals surface area contributed by atoms with Crippen LogP contribution in [-0.4, -0.2) is 7.05 Å². The third-order valence-corrected chi connectivity index (χ3v) is 5.61. The molecule has 0 bridgehead atoms. The zero-order valence-corrected chi connectivity index (χ0v) is 14.1. The lowest BCUT2D eigenvalue weighted by Gasteiger charge is -2.18. The van der Waals surface area contributed by atoms with Crippen molar-refractivity contribution >= 4 is 46.5 Å². The standard InChI is InChI=1S/C8H16.C5H5Cl2NS2/c1-2-8-6-4-3-5-7-8;1-8-10-3-2-4(6)9-5(3)7/h8H,2-7H2,1H3;2,8H,1H3. The quantitative estimate of drug-likeness (QED) is 0.658. The number of halogens is 2. The second-order valence-corrected chi connectivity index (χ2v) is 7.74. The molecule has 0 aliphatic heterocycles. The molecule has 1 nitrogen and oxygen atoms in total. The lowest BCUT2D eigenvalue weighted by atomic mass is 9.88. The maximum atomic E-state index is 5.80. The molecule has 1 aromatic rings.